The van der Waals surface area contributed by atoms with Crippen LogP contribution in [0.25, 0.3) is 11.2 Å². The molecule has 2 aromatic rings. The van der Waals surface area contributed by atoms with Gasteiger partial charge in [-0.2, -0.15) is 0 Å². The van der Waals surface area contributed by atoms with Gasteiger partial charge in [0.05, 0.1) is 0 Å². The molecule has 1 aliphatic heterocycles. The Morgan fingerprint density at radius 3 is 3.18 bits per heavy atom. The first-order chi connectivity index (χ1) is 8.24. The molecule has 5 nitrogen and oxygen atoms in total. The van der Waals surface area contributed by atoms with E-state index in [1.165, 1.54) is 6.42 Å². The summed E-state index contributed by atoms with van der Waals surface area (Å²) in [6.07, 6.45) is 2.43. The molecule has 1 N–H and O–H groups in total. The average Bonchev–Trinajstić information content (AvgIpc) is 2.71. The van der Waals surface area contributed by atoms with Crippen molar-refractivity contribution >= 4 is 22.8 Å². The van der Waals surface area contributed by atoms with Crippen LogP contribution in [-0.4, -0.2) is 26.5 Å². The van der Waals surface area contributed by atoms with E-state index < -0.39 is 0 Å². The number of hydrogen-bond acceptors (Lipinski definition) is 4. The minimum Gasteiger partial charge on any atom is -0.296 e. The summed E-state index contributed by atoms with van der Waals surface area (Å²) in [4.78, 5) is 4.30. The SMILES string of the molecule is CC1CCNC(n2nnc3ccc(Cl)nc32)C1. The normalized spacial score (nSPS) is 25.3. The van der Waals surface area contributed by atoms with Gasteiger partial charge < -0.3 is 0 Å². The van der Waals surface area contributed by atoms with Crippen LogP contribution in [0.3, 0.4) is 0 Å². The first-order valence-corrected chi connectivity index (χ1v) is 6.22. The maximum atomic E-state index is 5.91. The van der Waals surface area contributed by atoms with Crippen LogP contribution < -0.4 is 5.32 Å². The smallest absolute Gasteiger partial charge is 0.181 e. The van der Waals surface area contributed by atoms with Gasteiger partial charge in [-0.3, -0.25) is 5.32 Å². The Kier molecular flexibility index (Phi) is 2.72. The van der Waals surface area contributed by atoms with Crippen LogP contribution in [0.15, 0.2) is 12.1 Å². The van der Waals surface area contributed by atoms with E-state index in [0.29, 0.717) is 11.1 Å². The molecule has 0 bridgehead atoms. The van der Waals surface area contributed by atoms with Gasteiger partial charge in [-0.15, -0.1) is 5.10 Å². The zero-order chi connectivity index (χ0) is 11.8. The summed E-state index contributed by atoms with van der Waals surface area (Å²) in [6, 6.07) is 3.58. The minimum absolute atomic E-state index is 0.176. The highest BCUT2D eigenvalue weighted by atomic mass is 35.5. The van der Waals surface area contributed by atoms with Gasteiger partial charge in [-0.25, -0.2) is 9.67 Å². The van der Waals surface area contributed by atoms with Crippen LogP contribution in [0.1, 0.15) is 25.9 Å². The van der Waals surface area contributed by atoms with Gasteiger partial charge in [-0.1, -0.05) is 23.7 Å². The van der Waals surface area contributed by atoms with Gasteiger partial charge in [0, 0.05) is 0 Å². The number of pyridine rings is 1. The molecular weight excluding hydrogens is 238 g/mol. The molecule has 0 amide bonds. The fourth-order valence-corrected chi connectivity index (χ4v) is 2.42. The third-order valence-electron chi connectivity index (χ3n) is 3.22. The first-order valence-electron chi connectivity index (χ1n) is 5.85. The lowest BCUT2D eigenvalue weighted by atomic mass is 9.98. The number of fused-ring (bicyclic) bond motifs is 1. The maximum absolute atomic E-state index is 5.91. The van der Waals surface area contributed by atoms with E-state index in [1.54, 1.807) is 6.07 Å². The molecule has 0 saturated carbocycles. The summed E-state index contributed by atoms with van der Waals surface area (Å²) < 4.78 is 1.84. The Hall–Kier alpha value is -1.20. The Balaban J connectivity index is 2.01. The fourth-order valence-electron chi connectivity index (χ4n) is 2.28. The van der Waals surface area contributed by atoms with E-state index in [4.69, 9.17) is 11.6 Å². The predicted molar refractivity (Wildman–Crippen MR) is 65.8 cm³/mol. The van der Waals surface area contributed by atoms with E-state index >= 15 is 0 Å². The van der Waals surface area contributed by atoms with E-state index in [-0.39, 0.29) is 6.17 Å². The topological polar surface area (TPSA) is 55.6 Å². The van der Waals surface area contributed by atoms with Crippen LogP contribution in [0.5, 0.6) is 0 Å². The average molecular weight is 252 g/mol. The molecule has 2 aromatic heterocycles. The van der Waals surface area contributed by atoms with Gasteiger partial charge in [0.25, 0.3) is 0 Å². The molecule has 0 radical (unpaired) electrons. The molecule has 0 spiro atoms. The second-order valence-corrected chi connectivity index (χ2v) is 5.00. The fraction of sp³-hybridized carbons (Fsp3) is 0.545. The molecule has 17 heavy (non-hydrogen) atoms. The molecular formula is C11H14ClN5. The third kappa shape index (κ3) is 2.00. The lowest BCUT2D eigenvalue weighted by Gasteiger charge is -2.27. The predicted octanol–water partition coefficient (Wildman–Crippen LogP) is 2.00. The molecule has 2 unspecified atom stereocenters. The summed E-state index contributed by atoms with van der Waals surface area (Å²) in [7, 11) is 0. The van der Waals surface area contributed by atoms with E-state index in [1.807, 2.05) is 10.7 Å². The second-order valence-electron chi connectivity index (χ2n) is 4.61. The van der Waals surface area contributed by atoms with Crippen molar-refractivity contribution in [1.82, 2.24) is 25.3 Å². The van der Waals surface area contributed by atoms with Crippen LogP contribution in [0.2, 0.25) is 5.15 Å². The molecule has 90 valence electrons. The molecule has 1 saturated heterocycles. The molecule has 1 fully saturated rings. The number of piperidine rings is 1. The Morgan fingerprint density at radius 2 is 2.35 bits per heavy atom. The van der Waals surface area contributed by atoms with Gasteiger partial charge >= 0.3 is 0 Å². The van der Waals surface area contributed by atoms with E-state index in [9.17, 15) is 0 Å². The van der Waals surface area contributed by atoms with Crippen molar-refractivity contribution in [3.63, 3.8) is 0 Å². The summed E-state index contributed by atoms with van der Waals surface area (Å²) in [5, 5.41) is 12.2. The van der Waals surface area contributed by atoms with Crippen molar-refractivity contribution in [1.29, 1.82) is 0 Å². The molecule has 3 rings (SSSR count). The zero-order valence-electron chi connectivity index (χ0n) is 9.60. The molecule has 0 aromatic carbocycles. The molecule has 6 heteroatoms. The Bertz CT molecular complexity index is 538. The number of halogens is 1. The largest absolute Gasteiger partial charge is 0.296 e. The molecule has 1 aliphatic rings. The van der Waals surface area contributed by atoms with E-state index in [2.05, 4.69) is 27.5 Å². The summed E-state index contributed by atoms with van der Waals surface area (Å²) in [5.41, 5.74) is 1.54. The van der Waals surface area contributed by atoms with Crippen LogP contribution in [0, 0.1) is 5.92 Å². The number of aromatic nitrogens is 4. The van der Waals surface area contributed by atoms with Gasteiger partial charge in [0.15, 0.2) is 5.65 Å². The van der Waals surface area contributed by atoms with Crippen LogP contribution in [-0.2, 0) is 0 Å². The van der Waals surface area contributed by atoms with Gasteiger partial charge in [-0.05, 0) is 37.4 Å². The molecule has 2 atom stereocenters. The first kappa shape index (κ1) is 10.9. The van der Waals surface area contributed by atoms with Crippen molar-refractivity contribution in [2.75, 3.05) is 6.54 Å². The quantitative estimate of drug-likeness (QED) is 0.788. The lowest BCUT2D eigenvalue weighted by Crippen LogP contribution is -2.35. The van der Waals surface area contributed by atoms with Crippen molar-refractivity contribution in [2.24, 2.45) is 5.92 Å². The summed E-state index contributed by atoms with van der Waals surface area (Å²) in [5.74, 6) is 0.694. The van der Waals surface area contributed by atoms with Gasteiger partial charge in [0.2, 0.25) is 0 Å². The molecule has 0 aliphatic carbocycles. The summed E-state index contributed by atoms with van der Waals surface area (Å²) in [6.45, 7) is 3.26. The standard InChI is InChI=1S/C11H14ClN5/c1-7-4-5-13-10(6-7)17-11-8(15-16-17)2-3-9(12)14-11/h2-3,7,10,13H,4-6H2,1H3. The van der Waals surface area contributed by atoms with E-state index in [0.717, 1.165) is 24.1 Å². The highest BCUT2D eigenvalue weighted by Gasteiger charge is 2.22. The third-order valence-corrected chi connectivity index (χ3v) is 3.43. The zero-order valence-corrected chi connectivity index (χ0v) is 10.4. The minimum atomic E-state index is 0.176. The van der Waals surface area contributed by atoms with Crippen LogP contribution >= 0.6 is 11.6 Å². The summed E-state index contributed by atoms with van der Waals surface area (Å²) >= 11 is 5.91. The Morgan fingerprint density at radius 1 is 1.47 bits per heavy atom. The lowest BCUT2D eigenvalue weighted by molar-refractivity contribution is 0.244. The van der Waals surface area contributed by atoms with Crippen LogP contribution in [0.4, 0.5) is 0 Å². The molecule has 3 heterocycles. The Labute approximate surface area is 104 Å². The van der Waals surface area contributed by atoms with Crippen molar-refractivity contribution in [2.45, 2.75) is 25.9 Å². The maximum Gasteiger partial charge on any atom is 0.181 e. The number of nitrogens with one attached hydrogen (secondary N) is 1. The monoisotopic (exact) mass is 251 g/mol. The van der Waals surface area contributed by atoms with Crippen molar-refractivity contribution in [3.05, 3.63) is 17.3 Å². The highest BCUT2D eigenvalue weighted by Crippen LogP contribution is 2.24. The highest BCUT2D eigenvalue weighted by molar-refractivity contribution is 6.29. The second kappa shape index (κ2) is 4.23. The number of hydrogen-bond donors (Lipinski definition) is 1. The number of rotatable bonds is 1. The van der Waals surface area contributed by atoms with Crippen molar-refractivity contribution in [3.8, 4) is 0 Å². The number of nitrogens with zero attached hydrogens (tertiary/aromatic N) is 4. The van der Waals surface area contributed by atoms with Gasteiger partial charge in [0.1, 0.15) is 16.8 Å². The van der Waals surface area contributed by atoms with Crippen molar-refractivity contribution < 1.29 is 0 Å².